The highest BCUT2D eigenvalue weighted by Gasteiger charge is 2.15. The van der Waals surface area contributed by atoms with Crippen LogP contribution in [-0.4, -0.2) is 36.7 Å². The maximum Gasteiger partial charge on any atom is 0.332 e. The molecule has 138 valence electrons. The zero-order valence-electron chi connectivity index (χ0n) is 15.1. The van der Waals surface area contributed by atoms with Gasteiger partial charge in [0.25, 0.3) is 5.56 Å². The maximum absolute atomic E-state index is 12.7. The number of aryl methyl sites for hydroxylation is 2. The normalized spacial score (nSPS) is 11.5. The van der Waals surface area contributed by atoms with Crippen LogP contribution in [0.4, 0.5) is 0 Å². The third-order valence-corrected chi connectivity index (χ3v) is 5.27. The van der Waals surface area contributed by atoms with E-state index in [-0.39, 0.29) is 11.2 Å². The van der Waals surface area contributed by atoms with E-state index in [1.165, 1.54) is 14.0 Å². The highest BCUT2D eigenvalue weighted by molar-refractivity contribution is 7.09. The standard InChI is InChI=1S/C18H23N5O2S/c1-4-8-22(12-14-7-5-11-26-14)9-6-10-23-17(24)15-16(19-13-20(15)2)21(3)18(23)25/h4-5,7,11,13H,1,6,8-10,12H2,2-3H3. The second-order valence-corrected chi connectivity index (χ2v) is 7.32. The molecule has 0 bridgehead atoms. The molecule has 3 aromatic heterocycles. The first-order valence-corrected chi connectivity index (χ1v) is 9.37. The molecule has 0 unspecified atom stereocenters. The smallest absolute Gasteiger partial charge is 0.328 e. The van der Waals surface area contributed by atoms with Gasteiger partial charge in [-0.2, -0.15) is 0 Å². The Hall–Kier alpha value is -2.45. The number of hydrogen-bond donors (Lipinski definition) is 0. The molecule has 0 spiro atoms. The van der Waals surface area contributed by atoms with Crippen LogP contribution >= 0.6 is 11.3 Å². The van der Waals surface area contributed by atoms with E-state index in [0.717, 1.165) is 19.6 Å². The summed E-state index contributed by atoms with van der Waals surface area (Å²) in [6, 6.07) is 4.15. The predicted molar refractivity (Wildman–Crippen MR) is 105 cm³/mol. The van der Waals surface area contributed by atoms with E-state index in [1.54, 1.807) is 36.3 Å². The molecule has 0 amide bonds. The van der Waals surface area contributed by atoms with Crippen molar-refractivity contribution in [3.05, 3.63) is 62.2 Å². The molecule has 0 saturated heterocycles. The number of nitrogens with zero attached hydrogens (tertiary/aromatic N) is 5. The summed E-state index contributed by atoms with van der Waals surface area (Å²) in [5.41, 5.74) is 0.268. The molecule has 7 nitrogen and oxygen atoms in total. The lowest BCUT2D eigenvalue weighted by atomic mass is 10.3. The maximum atomic E-state index is 12.7. The van der Waals surface area contributed by atoms with Crippen molar-refractivity contribution in [2.24, 2.45) is 14.1 Å². The van der Waals surface area contributed by atoms with Gasteiger partial charge in [-0.05, 0) is 17.9 Å². The van der Waals surface area contributed by atoms with E-state index in [2.05, 4.69) is 27.9 Å². The third-order valence-electron chi connectivity index (χ3n) is 4.40. The van der Waals surface area contributed by atoms with Gasteiger partial charge < -0.3 is 4.57 Å². The van der Waals surface area contributed by atoms with Crippen LogP contribution in [0.5, 0.6) is 0 Å². The molecule has 0 aliphatic carbocycles. The third kappa shape index (κ3) is 3.56. The minimum atomic E-state index is -0.324. The summed E-state index contributed by atoms with van der Waals surface area (Å²) in [4.78, 5) is 32.9. The second-order valence-electron chi connectivity index (χ2n) is 6.28. The number of aromatic nitrogens is 4. The highest BCUT2D eigenvalue weighted by atomic mass is 32.1. The van der Waals surface area contributed by atoms with Crippen molar-refractivity contribution in [3.8, 4) is 0 Å². The minimum Gasteiger partial charge on any atom is -0.328 e. The Labute approximate surface area is 155 Å². The minimum absolute atomic E-state index is 0.281. The van der Waals surface area contributed by atoms with Crippen molar-refractivity contribution >= 4 is 22.5 Å². The molecule has 3 heterocycles. The van der Waals surface area contributed by atoms with Crippen molar-refractivity contribution in [2.75, 3.05) is 13.1 Å². The Morgan fingerprint density at radius 3 is 2.85 bits per heavy atom. The Balaban J connectivity index is 1.76. The molecule has 0 atom stereocenters. The van der Waals surface area contributed by atoms with E-state index >= 15 is 0 Å². The summed E-state index contributed by atoms with van der Waals surface area (Å²) < 4.78 is 4.40. The van der Waals surface area contributed by atoms with E-state index in [9.17, 15) is 9.59 Å². The lowest BCUT2D eigenvalue weighted by Crippen LogP contribution is -2.40. The summed E-state index contributed by atoms with van der Waals surface area (Å²) in [5, 5.41) is 2.06. The van der Waals surface area contributed by atoms with Gasteiger partial charge >= 0.3 is 5.69 Å². The number of hydrogen-bond acceptors (Lipinski definition) is 5. The van der Waals surface area contributed by atoms with Crippen LogP contribution in [0.25, 0.3) is 11.2 Å². The molecular weight excluding hydrogens is 350 g/mol. The van der Waals surface area contributed by atoms with Crippen LogP contribution in [0, 0.1) is 0 Å². The quantitative estimate of drug-likeness (QED) is 0.562. The molecule has 0 radical (unpaired) electrons. The van der Waals surface area contributed by atoms with Gasteiger partial charge in [0.2, 0.25) is 0 Å². The predicted octanol–water partition coefficient (Wildman–Crippen LogP) is 1.57. The Morgan fingerprint density at radius 2 is 2.15 bits per heavy atom. The van der Waals surface area contributed by atoms with E-state index in [4.69, 9.17) is 0 Å². The molecule has 0 aliphatic rings. The zero-order chi connectivity index (χ0) is 18.7. The van der Waals surface area contributed by atoms with E-state index in [1.807, 2.05) is 12.1 Å². The van der Waals surface area contributed by atoms with Crippen molar-refractivity contribution in [1.29, 1.82) is 0 Å². The van der Waals surface area contributed by atoms with Crippen LogP contribution in [0.2, 0.25) is 0 Å². The van der Waals surface area contributed by atoms with Gasteiger partial charge in [0.05, 0.1) is 6.33 Å². The average Bonchev–Trinajstić information content (AvgIpc) is 3.26. The molecule has 8 heteroatoms. The Kier molecular flexibility index (Phi) is 5.53. The highest BCUT2D eigenvalue weighted by Crippen LogP contribution is 2.12. The zero-order valence-corrected chi connectivity index (χ0v) is 15.9. The van der Waals surface area contributed by atoms with Crippen LogP contribution in [0.15, 0.2) is 46.1 Å². The average molecular weight is 373 g/mol. The molecule has 0 saturated carbocycles. The summed E-state index contributed by atoms with van der Waals surface area (Å²) in [7, 11) is 3.41. The topological polar surface area (TPSA) is 65.1 Å². The van der Waals surface area contributed by atoms with E-state index < -0.39 is 0 Å². The first-order chi connectivity index (χ1) is 12.5. The molecule has 3 aromatic rings. The summed E-state index contributed by atoms with van der Waals surface area (Å²) >= 11 is 1.72. The number of thiophene rings is 1. The van der Waals surface area contributed by atoms with Gasteiger partial charge in [-0.3, -0.25) is 18.8 Å². The summed E-state index contributed by atoms with van der Waals surface area (Å²) in [6.45, 7) is 6.59. The van der Waals surface area contributed by atoms with Gasteiger partial charge in [-0.1, -0.05) is 12.1 Å². The first kappa shape index (κ1) is 18.3. The van der Waals surface area contributed by atoms with Crippen LogP contribution in [0.3, 0.4) is 0 Å². The molecule has 0 fully saturated rings. The second kappa shape index (κ2) is 7.84. The van der Waals surface area contributed by atoms with Gasteiger partial charge in [0.1, 0.15) is 0 Å². The van der Waals surface area contributed by atoms with Crippen molar-refractivity contribution in [2.45, 2.75) is 19.5 Å². The number of rotatable bonds is 8. The molecule has 3 rings (SSSR count). The summed E-state index contributed by atoms with van der Waals surface area (Å²) in [6.07, 6.45) is 4.14. The van der Waals surface area contributed by atoms with Crippen molar-refractivity contribution in [3.63, 3.8) is 0 Å². The van der Waals surface area contributed by atoms with Crippen LogP contribution in [0.1, 0.15) is 11.3 Å². The molecule has 0 N–H and O–H groups in total. The van der Waals surface area contributed by atoms with Gasteiger partial charge in [0.15, 0.2) is 11.2 Å². The van der Waals surface area contributed by atoms with Crippen LogP contribution in [-0.2, 0) is 27.2 Å². The lowest BCUT2D eigenvalue weighted by molar-refractivity contribution is 0.285. The van der Waals surface area contributed by atoms with E-state index in [0.29, 0.717) is 24.1 Å². The molecule has 26 heavy (non-hydrogen) atoms. The molecule has 0 aliphatic heterocycles. The lowest BCUT2D eigenvalue weighted by Gasteiger charge is -2.20. The van der Waals surface area contributed by atoms with Crippen molar-refractivity contribution in [1.82, 2.24) is 23.6 Å². The van der Waals surface area contributed by atoms with Gasteiger partial charge in [0, 0.05) is 45.2 Å². The molecular formula is C18H23N5O2S. The van der Waals surface area contributed by atoms with Crippen LogP contribution < -0.4 is 11.2 Å². The summed E-state index contributed by atoms with van der Waals surface area (Å²) in [5.74, 6) is 0. The fourth-order valence-electron chi connectivity index (χ4n) is 3.09. The van der Waals surface area contributed by atoms with Gasteiger partial charge in [-0.15, -0.1) is 17.9 Å². The Morgan fingerprint density at radius 1 is 1.35 bits per heavy atom. The monoisotopic (exact) mass is 373 g/mol. The largest absolute Gasteiger partial charge is 0.332 e. The fraction of sp³-hybridized carbons (Fsp3) is 0.389. The Bertz CT molecular complexity index is 1010. The first-order valence-electron chi connectivity index (χ1n) is 8.49. The molecule has 0 aromatic carbocycles. The SMILES string of the molecule is C=CCN(CCCn1c(=O)c2c(ncn2C)n(C)c1=O)Cc1cccs1. The number of fused-ring (bicyclic) bond motifs is 1. The van der Waals surface area contributed by atoms with Gasteiger partial charge in [-0.25, -0.2) is 9.78 Å². The van der Waals surface area contributed by atoms with Crippen molar-refractivity contribution < 1.29 is 0 Å². The fourth-order valence-corrected chi connectivity index (χ4v) is 3.83. The number of imidazole rings is 1.